The highest BCUT2D eigenvalue weighted by Crippen LogP contribution is 2.35. The maximum absolute atomic E-state index is 11.9. The summed E-state index contributed by atoms with van der Waals surface area (Å²) in [4.78, 5) is 27.0. The van der Waals surface area contributed by atoms with Crippen LogP contribution in [0.5, 0.6) is 5.75 Å². The van der Waals surface area contributed by atoms with Crippen molar-refractivity contribution >= 4 is 41.1 Å². The molecule has 2 aromatic carbocycles. The van der Waals surface area contributed by atoms with Crippen LogP contribution in [0.15, 0.2) is 63.0 Å². The van der Waals surface area contributed by atoms with Crippen LogP contribution in [-0.2, 0) is 4.79 Å². The first-order valence-corrected chi connectivity index (χ1v) is 11.2. The zero-order valence-corrected chi connectivity index (χ0v) is 19.9. The number of nitro benzene ring substituents is 1. The van der Waals surface area contributed by atoms with Gasteiger partial charge in [0.25, 0.3) is 5.69 Å². The second-order valence-electron chi connectivity index (χ2n) is 7.21. The highest BCUT2D eigenvalue weighted by atomic mass is 35.5. The molecule has 0 spiro atoms. The third kappa shape index (κ3) is 5.36. The SMILES string of the molecule is COc1ccc(Cl)cc1-c1nc(S/C(=C\c2ccc(-c3ccc(C)cc3[N+](=O)[O-])o2)C(=O)O)n[nH]1. The summed E-state index contributed by atoms with van der Waals surface area (Å²) in [5.41, 5.74) is 1.49. The van der Waals surface area contributed by atoms with Crippen molar-refractivity contribution in [3.63, 3.8) is 0 Å². The van der Waals surface area contributed by atoms with Crippen LogP contribution in [0.1, 0.15) is 11.3 Å². The second-order valence-corrected chi connectivity index (χ2v) is 8.65. The summed E-state index contributed by atoms with van der Waals surface area (Å²) in [6, 6.07) is 12.8. The number of carboxylic acids is 1. The van der Waals surface area contributed by atoms with Gasteiger partial charge < -0.3 is 14.3 Å². The molecule has 0 saturated heterocycles. The van der Waals surface area contributed by atoms with Crippen LogP contribution in [0, 0.1) is 17.0 Å². The van der Waals surface area contributed by atoms with Gasteiger partial charge in [0.15, 0.2) is 5.82 Å². The fourth-order valence-electron chi connectivity index (χ4n) is 3.22. The zero-order valence-electron chi connectivity index (χ0n) is 18.3. The van der Waals surface area contributed by atoms with E-state index in [1.807, 2.05) is 0 Å². The number of aliphatic carboxylic acids is 1. The first kappa shape index (κ1) is 24.0. The van der Waals surface area contributed by atoms with Crippen molar-refractivity contribution in [2.24, 2.45) is 0 Å². The van der Waals surface area contributed by atoms with Crippen molar-refractivity contribution in [1.82, 2.24) is 15.2 Å². The van der Waals surface area contributed by atoms with Crippen molar-refractivity contribution in [2.45, 2.75) is 12.1 Å². The Morgan fingerprint density at radius 2 is 2.03 bits per heavy atom. The second kappa shape index (κ2) is 10.0. The van der Waals surface area contributed by atoms with Gasteiger partial charge in [-0.1, -0.05) is 17.7 Å². The number of aromatic nitrogens is 3. The Hall–Kier alpha value is -4.09. The summed E-state index contributed by atoms with van der Waals surface area (Å²) in [6.45, 7) is 1.75. The highest BCUT2D eigenvalue weighted by molar-refractivity contribution is 8.04. The van der Waals surface area contributed by atoms with E-state index < -0.39 is 10.9 Å². The molecule has 4 rings (SSSR count). The van der Waals surface area contributed by atoms with Gasteiger partial charge in [-0.3, -0.25) is 15.2 Å². The summed E-state index contributed by atoms with van der Waals surface area (Å²) >= 11 is 6.88. The molecule has 35 heavy (non-hydrogen) atoms. The molecule has 12 heteroatoms. The Labute approximate surface area is 207 Å². The van der Waals surface area contributed by atoms with E-state index in [2.05, 4.69) is 15.2 Å². The minimum Gasteiger partial charge on any atom is -0.496 e. The molecule has 0 aliphatic rings. The summed E-state index contributed by atoms with van der Waals surface area (Å²) < 4.78 is 11.0. The molecule has 0 radical (unpaired) electrons. The predicted molar refractivity (Wildman–Crippen MR) is 130 cm³/mol. The van der Waals surface area contributed by atoms with E-state index in [-0.39, 0.29) is 27.3 Å². The molecule has 0 unspecified atom stereocenters. The van der Waals surface area contributed by atoms with E-state index in [1.165, 1.54) is 25.3 Å². The lowest BCUT2D eigenvalue weighted by molar-refractivity contribution is -0.384. The van der Waals surface area contributed by atoms with E-state index in [0.717, 1.165) is 17.3 Å². The lowest BCUT2D eigenvalue weighted by Crippen LogP contribution is -1.97. The lowest BCUT2D eigenvalue weighted by atomic mass is 10.1. The van der Waals surface area contributed by atoms with E-state index in [4.69, 9.17) is 20.8 Å². The molecule has 4 aromatic rings. The highest BCUT2D eigenvalue weighted by Gasteiger charge is 2.20. The van der Waals surface area contributed by atoms with Gasteiger partial charge in [0, 0.05) is 17.2 Å². The van der Waals surface area contributed by atoms with Gasteiger partial charge in [-0.25, -0.2) is 9.78 Å². The van der Waals surface area contributed by atoms with Crippen LogP contribution in [0.2, 0.25) is 5.02 Å². The van der Waals surface area contributed by atoms with Gasteiger partial charge in [0.05, 0.1) is 23.2 Å². The number of halogens is 1. The molecule has 2 heterocycles. The van der Waals surface area contributed by atoms with Crippen LogP contribution in [0.3, 0.4) is 0 Å². The quantitative estimate of drug-likeness (QED) is 0.129. The molecule has 0 fully saturated rings. The van der Waals surface area contributed by atoms with Gasteiger partial charge >= 0.3 is 5.97 Å². The Kier molecular flexibility index (Phi) is 6.90. The smallest absolute Gasteiger partial charge is 0.342 e. The Balaban J connectivity index is 1.61. The lowest BCUT2D eigenvalue weighted by Gasteiger charge is -2.05. The van der Waals surface area contributed by atoms with Gasteiger partial charge in [-0.05, 0) is 60.6 Å². The molecular weight excluding hydrogens is 496 g/mol. The molecule has 0 amide bonds. The molecule has 2 N–H and O–H groups in total. The molecule has 0 aliphatic heterocycles. The number of nitrogens with one attached hydrogen (secondary N) is 1. The monoisotopic (exact) mass is 512 g/mol. The first-order chi connectivity index (χ1) is 16.7. The number of H-pyrrole nitrogens is 1. The van der Waals surface area contributed by atoms with E-state index in [0.29, 0.717) is 27.7 Å². The average Bonchev–Trinajstić information content (AvgIpc) is 3.48. The summed E-state index contributed by atoms with van der Waals surface area (Å²) in [7, 11) is 1.51. The third-order valence-corrected chi connectivity index (χ3v) is 5.92. The number of aromatic amines is 1. The minimum absolute atomic E-state index is 0.104. The Morgan fingerprint density at radius 1 is 1.23 bits per heavy atom. The molecule has 178 valence electrons. The number of methoxy groups -OCH3 is 1. The molecular formula is C23H17ClN4O6S. The van der Waals surface area contributed by atoms with Crippen molar-refractivity contribution in [2.75, 3.05) is 7.11 Å². The van der Waals surface area contributed by atoms with Crippen molar-refractivity contribution < 1.29 is 24.0 Å². The number of hydrogen-bond donors (Lipinski definition) is 2. The maximum atomic E-state index is 11.9. The zero-order chi connectivity index (χ0) is 25.1. The topological polar surface area (TPSA) is 144 Å². The van der Waals surface area contributed by atoms with E-state index in [9.17, 15) is 20.0 Å². The minimum atomic E-state index is -1.22. The Morgan fingerprint density at radius 3 is 2.74 bits per heavy atom. The molecule has 10 nitrogen and oxygen atoms in total. The number of ether oxygens (including phenoxy) is 1. The molecule has 0 saturated carbocycles. The number of benzene rings is 2. The number of carboxylic acid groups (broad SMARTS) is 1. The Bertz CT molecular complexity index is 1460. The van der Waals surface area contributed by atoms with Crippen LogP contribution >= 0.6 is 23.4 Å². The fourth-order valence-corrected chi connectivity index (χ4v) is 4.08. The summed E-state index contributed by atoms with van der Waals surface area (Å²) in [5, 5.41) is 28.6. The number of thioether (sulfide) groups is 1. The van der Waals surface area contributed by atoms with Crippen molar-refractivity contribution in [1.29, 1.82) is 0 Å². The van der Waals surface area contributed by atoms with Gasteiger partial charge in [-0.15, -0.1) is 5.10 Å². The number of furan rings is 1. The number of nitro groups is 1. The van der Waals surface area contributed by atoms with Crippen molar-refractivity contribution in [3.05, 3.63) is 79.9 Å². The maximum Gasteiger partial charge on any atom is 0.342 e. The van der Waals surface area contributed by atoms with Crippen molar-refractivity contribution in [3.8, 4) is 28.5 Å². The van der Waals surface area contributed by atoms with Crippen LogP contribution < -0.4 is 4.74 Å². The first-order valence-electron chi connectivity index (χ1n) is 9.99. The van der Waals surface area contributed by atoms with Crippen LogP contribution in [0.25, 0.3) is 28.8 Å². The van der Waals surface area contributed by atoms with Gasteiger partial charge in [0.2, 0.25) is 5.16 Å². The van der Waals surface area contributed by atoms with Gasteiger partial charge in [-0.2, -0.15) is 0 Å². The number of carbonyl (C=O) groups is 1. The average molecular weight is 513 g/mol. The molecule has 0 aliphatic carbocycles. The van der Waals surface area contributed by atoms with E-state index in [1.54, 1.807) is 43.3 Å². The summed E-state index contributed by atoms with van der Waals surface area (Å²) in [6.07, 6.45) is 1.30. The number of rotatable bonds is 8. The number of nitrogens with zero attached hydrogens (tertiary/aromatic N) is 3. The molecule has 2 aromatic heterocycles. The normalized spacial score (nSPS) is 11.5. The van der Waals surface area contributed by atoms with Crippen LogP contribution in [0.4, 0.5) is 5.69 Å². The largest absolute Gasteiger partial charge is 0.496 e. The van der Waals surface area contributed by atoms with E-state index >= 15 is 0 Å². The third-order valence-electron chi connectivity index (χ3n) is 4.81. The molecule has 0 atom stereocenters. The van der Waals surface area contributed by atoms with Crippen LogP contribution in [-0.4, -0.2) is 38.3 Å². The number of aryl methyl sites for hydroxylation is 1. The fraction of sp³-hybridized carbons (Fsp3) is 0.0870. The summed E-state index contributed by atoms with van der Waals surface area (Å²) in [5.74, 6) is 0.0897. The standard InChI is InChI=1S/C23H17ClN4O6S/c1-12-3-6-15(17(9-12)28(31)32)19-8-5-14(34-19)11-20(22(29)30)35-23-25-21(26-27-23)16-10-13(24)4-7-18(16)33-2/h3-11H,1-2H3,(H,29,30)(H,25,26,27)/b20-11-. The molecule has 0 bridgehead atoms. The van der Waals surface area contributed by atoms with Gasteiger partial charge in [0.1, 0.15) is 22.2 Å². The predicted octanol–water partition coefficient (Wildman–Crippen LogP) is 5.83. The number of hydrogen-bond acceptors (Lipinski definition) is 8.